The molecule has 5 heteroatoms. The third kappa shape index (κ3) is 5.56. The average Bonchev–Trinajstić information content (AvgIpc) is 3.63. The second-order valence-electron chi connectivity index (χ2n) is 13.3. The Balaban J connectivity index is 1.04. The van der Waals surface area contributed by atoms with Crippen molar-refractivity contribution >= 4 is 44.5 Å². The van der Waals surface area contributed by atoms with Crippen LogP contribution in [0.2, 0.25) is 0 Å². The van der Waals surface area contributed by atoms with E-state index in [4.69, 9.17) is 14.4 Å². The van der Waals surface area contributed by atoms with E-state index in [9.17, 15) is 0 Å². The molecule has 0 saturated heterocycles. The molecule has 1 aliphatic heterocycles. The van der Waals surface area contributed by atoms with E-state index in [-0.39, 0.29) is 6.17 Å². The standard InChI is InChI=1S/C48H32N4O/c1-3-11-35(12-4-1)46-50-47(36-13-5-2-6-14-36)52-48(51-46)37-26-24-33(25-27-37)43-38(29-28-34-15-10-30-49-44(34)43)31-20-22-32(23-21-31)39-17-9-18-41-40-16-7-8-19-42(40)53-45(39)41/h1-30,46H,(H,50,51,52)/p+1. The van der Waals surface area contributed by atoms with Gasteiger partial charge in [0.25, 0.3) is 12.0 Å². The van der Waals surface area contributed by atoms with E-state index in [1.54, 1.807) is 0 Å². The van der Waals surface area contributed by atoms with Crippen molar-refractivity contribution in [2.24, 2.45) is 4.99 Å². The third-order valence-electron chi connectivity index (χ3n) is 10.1. The summed E-state index contributed by atoms with van der Waals surface area (Å²) < 4.78 is 6.36. The number of benzene rings is 7. The SMILES string of the molecule is c1ccc(C2=[NH+]C(c3ccc(-c4c(-c5ccc(-c6cccc7c6oc6ccccc67)cc5)ccc5cccnc45)cc3)=NC(c3ccccc3)N2)cc1. The van der Waals surface area contributed by atoms with Crippen molar-refractivity contribution < 1.29 is 9.41 Å². The molecule has 3 heterocycles. The van der Waals surface area contributed by atoms with Gasteiger partial charge in [-0.3, -0.25) is 10.3 Å². The van der Waals surface area contributed by atoms with Crippen molar-refractivity contribution in [3.8, 4) is 33.4 Å². The highest BCUT2D eigenvalue weighted by Gasteiger charge is 2.27. The molecule has 7 aromatic carbocycles. The lowest BCUT2D eigenvalue weighted by Gasteiger charge is -2.17. The largest absolute Gasteiger partial charge is 0.455 e. The number of hydrogen-bond acceptors (Lipinski definition) is 4. The van der Waals surface area contributed by atoms with Gasteiger partial charge in [-0.05, 0) is 58.7 Å². The number of furan rings is 1. The van der Waals surface area contributed by atoms with Gasteiger partial charge in [0.1, 0.15) is 11.2 Å². The molecular formula is C48H33N4O+. The van der Waals surface area contributed by atoms with E-state index in [1.165, 1.54) is 0 Å². The van der Waals surface area contributed by atoms with Crippen LogP contribution in [-0.4, -0.2) is 16.7 Å². The van der Waals surface area contributed by atoms with E-state index >= 15 is 0 Å². The highest BCUT2D eigenvalue weighted by Crippen LogP contribution is 2.40. The zero-order valence-corrected chi connectivity index (χ0v) is 28.7. The molecule has 9 aromatic rings. The van der Waals surface area contributed by atoms with E-state index in [0.29, 0.717) is 0 Å². The maximum atomic E-state index is 6.36. The van der Waals surface area contributed by atoms with Gasteiger partial charge in [-0.25, -0.2) is 4.99 Å². The van der Waals surface area contributed by atoms with Crippen LogP contribution >= 0.6 is 0 Å². The van der Waals surface area contributed by atoms with Crippen LogP contribution in [0.25, 0.3) is 66.2 Å². The minimum Gasteiger partial charge on any atom is -0.455 e. The van der Waals surface area contributed by atoms with Gasteiger partial charge in [0.15, 0.2) is 0 Å². The quantitative estimate of drug-likeness (QED) is 0.184. The molecule has 0 radical (unpaired) electrons. The van der Waals surface area contributed by atoms with E-state index in [1.807, 2.05) is 48.7 Å². The van der Waals surface area contributed by atoms with Crippen LogP contribution in [0.3, 0.4) is 0 Å². The summed E-state index contributed by atoms with van der Waals surface area (Å²) in [4.78, 5) is 13.6. The van der Waals surface area contributed by atoms with Crippen LogP contribution in [0, 0.1) is 0 Å². The molecular weight excluding hydrogens is 649 g/mol. The maximum absolute atomic E-state index is 6.36. The lowest BCUT2D eigenvalue weighted by molar-refractivity contribution is -0.321. The first kappa shape index (κ1) is 30.7. The normalized spacial score (nSPS) is 14.2. The number of rotatable bonds is 6. The second-order valence-corrected chi connectivity index (χ2v) is 13.3. The first-order chi connectivity index (χ1) is 26.3. The van der Waals surface area contributed by atoms with Gasteiger partial charge in [0.05, 0.1) is 11.1 Å². The zero-order chi connectivity index (χ0) is 35.1. The summed E-state index contributed by atoms with van der Waals surface area (Å²) in [7, 11) is 0. The molecule has 2 aromatic heterocycles. The molecule has 1 atom stereocenters. The molecule has 1 unspecified atom stereocenters. The van der Waals surface area contributed by atoms with Crippen LogP contribution in [-0.2, 0) is 0 Å². The van der Waals surface area contributed by atoms with Gasteiger partial charge >= 0.3 is 0 Å². The summed E-state index contributed by atoms with van der Waals surface area (Å²) in [5, 5.41) is 6.96. The Morgan fingerprint density at radius 2 is 1.19 bits per heavy atom. The van der Waals surface area contributed by atoms with E-state index in [0.717, 1.165) is 94.6 Å². The van der Waals surface area contributed by atoms with Gasteiger partial charge in [-0.2, -0.15) is 0 Å². The molecule has 0 amide bonds. The van der Waals surface area contributed by atoms with Crippen molar-refractivity contribution in [2.45, 2.75) is 6.17 Å². The van der Waals surface area contributed by atoms with Gasteiger partial charge in [0.2, 0.25) is 5.84 Å². The number of para-hydroxylation sites is 2. The number of hydrogen-bond donors (Lipinski definition) is 2. The summed E-state index contributed by atoms with van der Waals surface area (Å²) in [5.74, 6) is 1.74. The zero-order valence-electron chi connectivity index (χ0n) is 28.7. The van der Waals surface area contributed by atoms with Crippen LogP contribution < -0.4 is 10.3 Å². The van der Waals surface area contributed by atoms with Crippen molar-refractivity contribution in [1.29, 1.82) is 0 Å². The predicted octanol–water partition coefficient (Wildman–Crippen LogP) is 9.71. The first-order valence-corrected chi connectivity index (χ1v) is 17.9. The number of amidine groups is 2. The lowest BCUT2D eigenvalue weighted by Crippen LogP contribution is -2.82. The Morgan fingerprint density at radius 1 is 0.509 bits per heavy atom. The van der Waals surface area contributed by atoms with E-state index in [2.05, 4.69) is 144 Å². The minimum absolute atomic E-state index is 0.224. The Bertz CT molecular complexity index is 2840. The Hall–Kier alpha value is -7.11. The van der Waals surface area contributed by atoms with Gasteiger partial charge in [0, 0.05) is 44.6 Å². The molecule has 1 aliphatic rings. The average molecular weight is 682 g/mol. The fourth-order valence-electron chi connectivity index (χ4n) is 7.46. The fourth-order valence-corrected chi connectivity index (χ4v) is 7.46. The molecule has 0 aliphatic carbocycles. The van der Waals surface area contributed by atoms with Crippen molar-refractivity contribution in [1.82, 2.24) is 10.3 Å². The Kier molecular flexibility index (Phi) is 7.47. The molecule has 10 rings (SSSR count). The van der Waals surface area contributed by atoms with Crippen LogP contribution in [0.15, 0.2) is 192 Å². The summed E-state index contributed by atoms with van der Waals surface area (Å²) >= 11 is 0. The molecule has 5 nitrogen and oxygen atoms in total. The summed E-state index contributed by atoms with van der Waals surface area (Å²) in [6.07, 6.45) is 1.65. The first-order valence-electron chi connectivity index (χ1n) is 17.9. The molecule has 53 heavy (non-hydrogen) atoms. The molecule has 0 fully saturated rings. The molecule has 0 bridgehead atoms. The number of aliphatic imine (C=N–C) groups is 1. The van der Waals surface area contributed by atoms with E-state index < -0.39 is 0 Å². The monoisotopic (exact) mass is 681 g/mol. The third-order valence-corrected chi connectivity index (χ3v) is 10.1. The Morgan fingerprint density at radius 3 is 2.00 bits per heavy atom. The van der Waals surface area contributed by atoms with Crippen molar-refractivity contribution in [2.75, 3.05) is 0 Å². The van der Waals surface area contributed by atoms with Crippen LogP contribution in [0.4, 0.5) is 0 Å². The topological polar surface area (TPSA) is 64.4 Å². The highest BCUT2D eigenvalue weighted by atomic mass is 16.3. The predicted molar refractivity (Wildman–Crippen MR) is 216 cm³/mol. The second kappa shape index (κ2) is 12.9. The summed E-state index contributed by atoms with van der Waals surface area (Å²) in [5.41, 5.74) is 12.6. The maximum Gasteiger partial charge on any atom is 0.266 e. The highest BCUT2D eigenvalue weighted by molar-refractivity contribution is 6.10. The van der Waals surface area contributed by atoms with Crippen molar-refractivity contribution in [3.63, 3.8) is 0 Å². The van der Waals surface area contributed by atoms with Gasteiger partial charge in [-0.15, -0.1) is 0 Å². The number of nitrogens with one attached hydrogen (secondary N) is 2. The van der Waals surface area contributed by atoms with Crippen molar-refractivity contribution in [3.05, 3.63) is 199 Å². The Labute approximate surface area is 306 Å². The minimum atomic E-state index is -0.224. The summed E-state index contributed by atoms with van der Waals surface area (Å²) in [6.45, 7) is 0. The number of pyridine rings is 1. The molecule has 0 saturated carbocycles. The van der Waals surface area contributed by atoms with Crippen LogP contribution in [0.5, 0.6) is 0 Å². The lowest BCUT2D eigenvalue weighted by atomic mass is 9.90. The number of aromatic nitrogens is 1. The van der Waals surface area contributed by atoms with Gasteiger partial charge in [-0.1, -0.05) is 145 Å². The number of fused-ring (bicyclic) bond motifs is 4. The molecule has 0 spiro atoms. The van der Waals surface area contributed by atoms with Gasteiger partial charge < -0.3 is 4.42 Å². The molecule has 2 N–H and O–H groups in total. The summed E-state index contributed by atoms with van der Waals surface area (Å²) in [6, 6.07) is 61.3. The number of nitrogens with zero attached hydrogens (tertiary/aromatic N) is 2. The fraction of sp³-hybridized carbons (Fsp3) is 0.0208. The van der Waals surface area contributed by atoms with Crippen LogP contribution in [0.1, 0.15) is 22.9 Å². The molecule has 250 valence electrons. The smallest absolute Gasteiger partial charge is 0.266 e.